The van der Waals surface area contributed by atoms with Crippen LogP contribution < -0.4 is 15.4 Å². The lowest BCUT2D eigenvalue weighted by molar-refractivity contribution is -0.130. The van der Waals surface area contributed by atoms with E-state index in [1.165, 1.54) is 0 Å². The summed E-state index contributed by atoms with van der Waals surface area (Å²) in [5, 5.41) is 6.43. The van der Waals surface area contributed by atoms with Crippen LogP contribution in [0.5, 0.6) is 5.75 Å². The van der Waals surface area contributed by atoms with Gasteiger partial charge in [-0.3, -0.25) is 4.79 Å². The van der Waals surface area contributed by atoms with Crippen LogP contribution in [0.15, 0.2) is 41.9 Å². The molecule has 7 heteroatoms. The molecule has 0 aliphatic rings. The van der Waals surface area contributed by atoms with Gasteiger partial charge in [0, 0.05) is 38.2 Å². The third kappa shape index (κ3) is 9.65. The summed E-state index contributed by atoms with van der Waals surface area (Å²) in [5.41, 5.74) is 1.01. The number of rotatable bonds is 11. The van der Waals surface area contributed by atoms with Gasteiger partial charge in [-0.2, -0.15) is 0 Å². The molecule has 0 radical (unpaired) electrons. The molecular weight excluding hydrogens is 455 g/mol. The van der Waals surface area contributed by atoms with Crippen LogP contribution in [0.25, 0.3) is 0 Å². The van der Waals surface area contributed by atoms with Gasteiger partial charge in [0.25, 0.3) is 0 Å². The van der Waals surface area contributed by atoms with E-state index in [0.29, 0.717) is 32.1 Å². The number of hydrogen-bond donors (Lipinski definition) is 2. The maximum atomic E-state index is 12.1. The molecule has 0 aliphatic carbocycles. The van der Waals surface area contributed by atoms with E-state index < -0.39 is 0 Å². The first-order valence-corrected chi connectivity index (χ1v) is 9.27. The molecule has 1 aromatic carbocycles. The number of nitrogens with zero attached hydrogens (tertiary/aromatic N) is 2. The SMILES string of the molecule is C=CCOc1ccccc1CN=C(NCC)NCCC(=O)N(CC)CC.I. The van der Waals surface area contributed by atoms with E-state index in [9.17, 15) is 4.79 Å². The van der Waals surface area contributed by atoms with Crippen LogP contribution in [0.1, 0.15) is 32.8 Å². The van der Waals surface area contributed by atoms with Gasteiger partial charge in [-0.05, 0) is 26.8 Å². The van der Waals surface area contributed by atoms with E-state index in [1.54, 1.807) is 6.08 Å². The smallest absolute Gasteiger partial charge is 0.224 e. The molecule has 0 fully saturated rings. The van der Waals surface area contributed by atoms with Gasteiger partial charge >= 0.3 is 0 Å². The average molecular weight is 488 g/mol. The number of nitrogens with one attached hydrogen (secondary N) is 2. The molecule has 27 heavy (non-hydrogen) atoms. The summed E-state index contributed by atoms with van der Waals surface area (Å²) in [6, 6.07) is 7.83. The van der Waals surface area contributed by atoms with Gasteiger partial charge in [-0.1, -0.05) is 30.9 Å². The second-order valence-corrected chi connectivity index (χ2v) is 5.65. The average Bonchev–Trinajstić information content (AvgIpc) is 2.66. The first-order valence-electron chi connectivity index (χ1n) is 9.27. The molecule has 0 bridgehead atoms. The molecule has 152 valence electrons. The molecule has 1 amide bonds. The number of halogens is 1. The predicted octanol–water partition coefficient (Wildman–Crippen LogP) is 3.18. The zero-order valence-electron chi connectivity index (χ0n) is 16.7. The number of hydrogen-bond acceptors (Lipinski definition) is 3. The van der Waals surface area contributed by atoms with Gasteiger partial charge < -0.3 is 20.3 Å². The Bertz CT molecular complexity index is 589. The number of carbonyl (C=O) groups excluding carboxylic acids is 1. The Morgan fingerprint density at radius 3 is 2.56 bits per heavy atom. The molecule has 0 saturated carbocycles. The molecule has 1 rings (SSSR count). The van der Waals surface area contributed by atoms with Crippen molar-refractivity contribution in [2.45, 2.75) is 33.7 Å². The van der Waals surface area contributed by atoms with Gasteiger partial charge in [-0.25, -0.2) is 4.99 Å². The van der Waals surface area contributed by atoms with Crippen molar-refractivity contribution in [1.82, 2.24) is 15.5 Å². The molecule has 0 aliphatic heterocycles. The van der Waals surface area contributed by atoms with Gasteiger partial charge in [0.2, 0.25) is 5.91 Å². The van der Waals surface area contributed by atoms with Crippen molar-refractivity contribution in [2.75, 3.05) is 32.8 Å². The minimum atomic E-state index is 0. The van der Waals surface area contributed by atoms with E-state index >= 15 is 0 Å². The second-order valence-electron chi connectivity index (χ2n) is 5.65. The molecule has 0 heterocycles. The van der Waals surface area contributed by atoms with Crippen molar-refractivity contribution in [3.05, 3.63) is 42.5 Å². The Balaban J connectivity index is 0.00000676. The van der Waals surface area contributed by atoms with E-state index in [2.05, 4.69) is 22.2 Å². The minimum Gasteiger partial charge on any atom is -0.489 e. The third-order valence-corrected chi connectivity index (χ3v) is 3.83. The molecule has 2 N–H and O–H groups in total. The molecule has 0 unspecified atom stereocenters. The monoisotopic (exact) mass is 488 g/mol. The zero-order chi connectivity index (χ0) is 19.2. The second kappa shape index (κ2) is 15.3. The van der Waals surface area contributed by atoms with Crippen LogP contribution in [0.4, 0.5) is 0 Å². The van der Waals surface area contributed by atoms with Crippen molar-refractivity contribution in [3.8, 4) is 5.75 Å². The molecule has 0 saturated heterocycles. The summed E-state index contributed by atoms with van der Waals surface area (Å²) in [5.74, 6) is 1.66. The molecular formula is C20H33IN4O2. The number of guanidine groups is 1. The number of ether oxygens (including phenoxy) is 1. The largest absolute Gasteiger partial charge is 0.489 e. The maximum Gasteiger partial charge on any atom is 0.224 e. The lowest BCUT2D eigenvalue weighted by Crippen LogP contribution is -2.40. The topological polar surface area (TPSA) is 66.0 Å². The van der Waals surface area contributed by atoms with Gasteiger partial charge in [0.1, 0.15) is 12.4 Å². The molecule has 0 spiro atoms. The van der Waals surface area contributed by atoms with Gasteiger partial charge in [-0.15, -0.1) is 24.0 Å². The Morgan fingerprint density at radius 2 is 1.93 bits per heavy atom. The summed E-state index contributed by atoms with van der Waals surface area (Å²) in [6.45, 7) is 13.4. The van der Waals surface area contributed by atoms with Crippen LogP contribution in [0, 0.1) is 0 Å². The van der Waals surface area contributed by atoms with Crippen molar-refractivity contribution < 1.29 is 9.53 Å². The Kier molecular flexibility index (Phi) is 14.3. The summed E-state index contributed by atoms with van der Waals surface area (Å²) < 4.78 is 5.66. The zero-order valence-corrected chi connectivity index (χ0v) is 19.0. The fourth-order valence-electron chi connectivity index (χ4n) is 2.45. The first-order chi connectivity index (χ1) is 12.7. The van der Waals surface area contributed by atoms with Crippen LogP contribution in [0.2, 0.25) is 0 Å². The Hall–Kier alpha value is -1.77. The van der Waals surface area contributed by atoms with E-state index in [-0.39, 0.29) is 29.9 Å². The fourth-order valence-corrected chi connectivity index (χ4v) is 2.45. The van der Waals surface area contributed by atoms with Gasteiger partial charge in [0.05, 0.1) is 6.54 Å². The van der Waals surface area contributed by atoms with Gasteiger partial charge in [0.15, 0.2) is 5.96 Å². The maximum absolute atomic E-state index is 12.1. The van der Waals surface area contributed by atoms with Crippen LogP contribution in [-0.4, -0.2) is 49.6 Å². The molecule has 6 nitrogen and oxygen atoms in total. The first kappa shape index (κ1) is 25.2. The lowest BCUT2D eigenvalue weighted by atomic mass is 10.2. The highest BCUT2D eigenvalue weighted by Gasteiger charge is 2.09. The van der Waals surface area contributed by atoms with Crippen LogP contribution >= 0.6 is 24.0 Å². The molecule has 0 aromatic heterocycles. The number of aliphatic imine (C=N–C) groups is 1. The van der Waals surface area contributed by atoms with Crippen LogP contribution in [-0.2, 0) is 11.3 Å². The lowest BCUT2D eigenvalue weighted by Gasteiger charge is -2.19. The standard InChI is InChI=1S/C20H32N4O2.HI/c1-5-15-26-18-12-10-9-11-17(18)16-23-20(21-6-2)22-14-13-19(25)24(7-3)8-4;/h5,9-12H,1,6-8,13-16H2,2-4H3,(H2,21,22,23);1H. The number of benzene rings is 1. The highest BCUT2D eigenvalue weighted by Crippen LogP contribution is 2.18. The predicted molar refractivity (Wildman–Crippen MR) is 123 cm³/mol. The normalized spacial score (nSPS) is 10.6. The Labute approximate surface area is 180 Å². The summed E-state index contributed by atoms with van der Waals surface area (Å²) in [7, 11) is 0. The van der Waals surface area contributed by atoms with E-state index in [1.807, 2.05) is 49.9 Å². The fraction of sp³-hybridized carbons (Fsp3) is 0.500. The third-order valence-electron chi connectivity index (χ3n) is 3.83. The van der Waals surface area contributed by atoms with Crippen molar-refractivity contribution in [3.63, 3.8) is 0 Å². The number of carbonyl (C=O) groups is 1. The minimum absolute atomic E-state index is 0. The van der Waals surface area contributed by atoms with E-state index in [0.717, 1.165) is 30.9 Å². The summed E-state index contributed by atoms with van der Waals surface area (Å²) in [4.78, 5) is 18.5. The summed E-state index contributed by atoms with van der Waals surface area (Å²) in [6.07, 6.45) is 2.17. The van der Waals surface area contributed by atoms with Crippen molar-refractivity contribution in [1.29, 1.82) is 0 Å². The Morgan fingerprint density at radius 1 is 1.22 bits per heavy atom. The highest BCUT2D eigenvalue weighted by molar-refractivity contribution is 14.0. The van der Waals surface area contributed by atoms with Crippen molar-refractivity contribution >= 4 is 35.8 Å². The van der Waals surface area contributed by atoms with Crippen molar-refractivity contribution in [2.24, 2.45) is 4.99 Å². The highest BCUT2D eigenvalue weighted by atomic mass is 127. The number of para-hydroxylation sites is 1. The molecule has 0 atom stereocenters. The molecule has 1 aromatic rings. The quantitative estimate of drug-likeness (QED) is 0.217. The van der Waals surface area contributed by atoms with Crippen LogP contribution in [0.3, 0.4) is 0 Å². The summed E-state index contributed by atoms with van der Waals surface area (Å²) >= 11 is 0. The van der Waals surface area contributed by atoms with E-state index in [4.69, 9.17) is 4.74 Å². The number of amides is 1.